The molecule has 1 aliphatic heterocycles. The van der Waals surface area contributed by atoms with Crippen molar-refractivity contribution in [1.82, 2.24) is 4.90 Å². The van der Waals surface area contributed by atoms with E-state index in [1.807, 2.05) is 24.3 Å². The number of esters is 1. The third kappa shape index (κ3) is 3.40. The average molecular weight is 333 g/mol. The second-order valence-corrected chi connectivity index (χ2v) is 5.37. The topological polar surface area (TPSA) is 63.7 Å². The molecule has 0 bridgehead atoms. The number of carbonyl (C=O) groups excluding carboxylic acids is 3. The number of nitrogens with zero attached hydrogens (tertiary/aromatic N) is 1. The largest absolute Gasteiger partial charge is 0.466 e. The van der Waals surface area contributed by atoms with E-state index >= 15 is 0 Å². The highest BCUT2D eigenvalue weighted by Gasteiger charge is 2.33. The van der Waals surface area contributed by atoms with Crippen molar-refractivity contribution < 1.29 is 19.1 Å². The van der Waals surface area contributed by atoms with Gasteiger partial charge < -0.3 is 4.74 Å². The summed E-state index contributed by atoms with van der Waals surface area (Å²) in [7, 11) is 1.31. The van der Waals surface area contributed by atoms with E-state index in [0.717, 1.165) is 16.0 Å². The van der Waals surface area contributed by atoms with Crippen LogP contribution in [-0.2, 0) is 9.53 Å². The summed E-state index contributed by atoms with van der Waals surface area (Å²) in [5.41, 5.74) is 2.41. The van der Waals surface area contributed by atoms with Crippen LogP contribution in [0.15, 0.2) is 60.8 Å². The summed E-state index contributed by atoms with van der Waals surface area (Å²) in [4.78, 5) is 36.8. The average Bonchev–Trinajstić information content (AvgIpc) is 2.89. The molecule has 1 aliphatic rings. The van der Waals surface area contributed by atoms with Crippen molar-refractivity contribution in [2.24, 2.45) is 0 Å². The number of imide groups is 1. The van der Waals surface area contributed by atoms with Crippen LogP contribution in [0.3, 0.4) is 0 Å². The lowest BCUT2D eigenvalue weighted by molar-refractivity contribution is -0.134. The molecule has 1 heterocycles. The molecule has 2 amide bonds. The van der Waals surface area contributed by atoms with E-state index in [9.17, 15) is 14.4 Å². The minimum atomic E-state index is -0.438. The highest BCUT2D eigenvalue weighted by atomic mass is 16.5. The molecule has 0 aromatic heterocycles. The number of hydrogen-bond donors (Lipinski definition) is 0. The Labute approximate surface area is 144 Å². The fourth-order valence-electron chi connectivity index (χ4n) is 2.50. The summed E-state index contributed by atoms with van der Waals surface area (Å²) in [6.07, 6.45) is 6.10. The van der Waals surface area contributed by atoms with Crippen LogP contribution < -0.4 is 0 Å². The zero-order chi connectivity index (χ0) is 17.8. The van der Waals surface area contributed by atoms with E-state index in [0.29, 0.717) is 11.1 Å². The molecule has 0 aliphatic carbocycles. The summed E-state index contributed by atoms with van der Waals surface area (Å²) in [5, 5.41) is 0. The lowest BCUT2D eigenvalue weighted by Gasteiger charge is -2.07. The smallest absolute Gasteiger partial charge is 0.330 e. The first-order valence-corrected chi connectivity index (χ1v) is 7.61. The molecule has 0 fully saturated rings. The normalized spacial score (nSPS) is 13.7. The van der Waals surface area contributed by atoms with Gasteiger partial charge >= 0.3 is 5.97 Å². The minimum absolute atomic E-state index is 0.335. The predicted molar refractivity (Wildman–Crippen MR) is 93.5 cm³/mol. The first-order chi connectivity index (χ1) is 12.1. The number of ether oxygens (including phenoxy) is 1. The van der Waals surface area contributed by atoms with Gasteiger partial charge in [0.05, 0.1) is 18.2 Å². The molecule has 5 heteroatoms. The number of hydrogen-bond acceptors (Lipinski definition) is 4. The van der Waals surface area contributed by atoms with Crippen LogP contribution in [-0.4, -0.2) is 29.8 Å². The van der Waals surface area contributed by atoms with Gasteiger partial charge in [-0.15, -0.1) is 0 Å². The van der Waals surface area contributed by atoms with Crippen LogP contribution in [0, 0.1) is 0 Å². The Balaban J connectivity index is 1.79. The molecule has 5 nitrogen and oxygen atoms in total. The maximum atomic E-state index is 12.3. The Kier molecular flexibility index (Phi) is 4.57. The third-order valence-electron chi connectivity index (χ3n) is 3.77. The Morgan fingerprint density at radius 3 is 2.12 bits per heavy atom. The van der Waals surface area contributed by atoms with Gasteiger partial charge in [-0.2, -0.15) is 0 Å². The maximum Gasteiger partial charge on any atom is 0.330 e. The van der Waals surface area contributed by atoms with Crippen LogP contribution in [0.25, 0.3) is 12.2 Å². The van der Waals surface area contributed by atoms with Gasteiger partial charge in [0.2, 0.25) is 0 Å². The molecule has 0 saturated carbocycles. The minimum Gasteiger partial charge on any atom is -0.466 e. The van der Waals surface area contributed by atoms with Gasteiger partial charge in [-0.3, -0.25) is 9.59 Å². The highest BCUT2D eigenvalue weighted by Crippen LogP contribution is 2.23. The molecule has 3 rings (SSSR count). The Morgan fingerprint density at radius 1 is 0.920 bits per heavy atom. The standard InChI is InChI=1S/C20H15NO4/c1-25-18(22)10-9-14-5-4-6-15(13-14)11-12-21-19(23)16-7-2-3-8-17(16)20(21)24/h2-13H,1H3/b10-9-,12-11+. The number of benzene rings is 2. The zero-order valence-corrected chi connectivity index (χ0v) is 13.5. The van der Waals surface area contributed by atoms with Crippen LogP contribution in [0.2, 0.25) is 0 Å². The van der Waals surface area contributed by atoms with Gasteiger partial charge in [-0.05, 0) is 41.5 Å². The SMILES string of the molecule is COC(=O)/C=C\c1cccc(/C=C/N2C(=O)c3ccccc3C2=O)c1. The molecule has 2 aromatic rings. The van der Waals surface area contributed by atoms with Crippen LogP contribution in [0.5, 0.6) is 0 Å². The molecule has 0 saturated heterocycles. The number of methoxy groups -OCH3 is 1. The maximum absolute atomic E-state index is 12.3. The molecule has 0 radical (unpaired) electrons. The van der Waals surface area contributed by atoms with Crippen molar-refractivity contribution in [1.29, 1.82) is 0 Å². The van der Waals surface area contributed by atoms with Gasteiger partial charge in [-0.1, -0.05) is 30.3 Å². The first kappa shape index (κ1) is 16.4. The van der Waals surface area contributed by atoms with Crippen molar-refractivity contribution in [3.8, 4) is 0 Å². The molecule has 0 atom stereocenters. The summed E-state index contributed by atoms with van der Waals surface area (Å²) in [6, 6.07) is 14.1. The van der Waals surface area contributed by atoms with Crippen molar-refractivity contribution in [2.75, 3.05) is 7.11 Å². The van der Waals surface area contributed by atoms with E-state index in [1.165, 1.54) is 19.4 Å². The monoisotopic (exact) mass is 333 g/mol. The van der Waals surface area contributed by atoms with Gasteiger partial charge in [0.1, 0.15) is 0 Å². The van der Waals surface area contributed by atoms with Crippen molar-refractivity contribution in [2.45, 2.75) is 0 Å². The molecule has 2 aromatic carbocycles. The second-order valence-electron chi connectivity index (χ2n) is 5.37. The third-order valence-corrected chi connectivity index (χ3v) is 3.77. The number of fused-ring (bicyclic) bond motifs is 1. The van der Waals surface area contributed by atoms with E-state index in [2.05, 4.69) is 4.74 Å². The van der Waals surface area contributed by atoms with Gasteiger partial charge in [-0.25, -0.2) is 9.69 Å². The van der Waals surface area contributed by atoms with E-state index in [-0.39, 0.29) is 11.8 Å². The Bertz CT molecular complexity index is 876. The summed E-state index contributed by atoms with van der Waals surface area (Å²) in [5.74, 6) is -1.11. The summed E-state index contributed by atoms with van der Waals surface area (Å²) < 4.78 is 4.55. The number of carbonyl (C=O) groups is 3. The van der Waals surface area contributed by atoms with Crippen molar-refractivity contribution in [3.63, 3.8) is 0 Å². The lowest BCUT2D eigenvalue weighted by Crippen LogP contribution is -2.23. The Hall–Kier alpha value is -3.47. The fourth-order valence-corrected chi connectivity index (χ4v) is 2.50. The van der Waals surface area contributed by atoms with Crippen molar-refractivity contribution >= 4 is 29.9 Å². The summed E-state index contributed by atoms with van der Waals surface area (Å²) in [6.45, 7) is 0. The number of amides is 2. The number of rotatable bonds is 4. The van der Waals surface area contributed by atoms with Gasteiger partial charge in [0, 0.05) is 12.3 Å². The first-order valence-electron chi connectivity index (χ1n) is 7.61. The quantitative estimate of drug-likeness (QED) is 0.490. The predicted octanol–water partition coefficient (Wildman–Crippen LogP) is 3.14. The molecule has 25 heavy (non-hydrogen) atoms. The highest BCUT2D eigenvalue weighted by molar-refractivity contribution is 6.22. The fraction of sp³-hybridized carbons (Fsp3) is 0.0500. The van der Waals surface area contributed by atoms with Crippen LogP contribution >= 0.6 is 0 Å². The molecule has 0 N–H and O–H groups in total. The molecular weight excluding hydrogens is 318 g/mol. The lowest BCUT2D eigenvalue weighted by atomic mass is 10.1. The molecule has 0 spiro atoms. The Morgan fingerprint density at radius 2 is 1.52 bits per heavy atom. The van der Waals surface area contributed by atoms with Crippen LogP contribution in [0.4, 0.5) is 0 Å². The zero-order valence-electron chi connectivity index (χ0n) is 13.5. The second kappa shape index (κ2) is 6.97. The van der Waals surface area contributed by atoms with Gasteiger partial charge in [0.15, 0.2) is 0 Å². The van der Waals surface area contributed by atoms with Crippen molar-refractivity contribution in [3.05, 3.63) is 83.1 Å². The van der Waals surface area contributed by atoms with E-state index in [1.54, 1.807) is 36.4 Å². The van der Waals surface area contributed by atoms with E-state index < -0.39 is 5.97 Å². The summed E-state index contributed by atoms with van der Waals surface area (Å²) >= 11 is 0. The van der Waals surface area contributed by atoms with Gasteiger partial charge in [0.25, 0.3) is 11.8 Å². The molecule has 0 unspecified atom stereocenters. The van der Waals surface area contributed by atoms with E-state index in [4.69, 9.17) is 0 Å². The molecule has 124 valence electrons. The van der Waals surface area contributed by atoms with Crippen LogP contribution in [0.1, 0.15) is 31.8 Å². The molecular formula is C20H15NO4.